The topological polar surface area (TPSA) is 73.8 Å². The molecule has 0 heterocycles. The Hall–Kier alpha value is -2.86. The van der Waals surface area contributed by atoms with E-state index in [0.29, 0.717) is 22.7 Å². The van der Waals surface area contributed by atoms with Crippen LogP contribution >= 0.6 is 11.6 Å². The molecule has 0 aliphatic heterocycles. The van der Waals surface area contributed by atoms with Crippen molar-refractivity contribution in [3.05, 3.63) is 65.2 Å². The molecule has 0 spiro atoms. The zero-order valence-corrected chi connectivity index (χ0v) is 13.1. The molecule has 23 heavy (non-hydrogen) atoms. The molecule has 0 atom stereocenters. The molecular formula is C16H15ClN4O2. The average molecular weight is 331 g/mol. The summed E-state index contributed by atoms with van der Waals surface area (Å²) in [6.45, 7) is 0. The van der Waals surface area contributed by atoms with Crippen molar-refractivity contribution in [1.29, 1.82) is 0 Å². The van der Waals surface area contributed by atoms with Gasteiger partial charge in [-0.05, 0) is 24.3 Å². The number of halogens is 1. The van der Waals surface area contributed by atoms with Crippen LogP contribution in [-0.2, 0) is 4.79 Å². The molecule has 0 aromatic heterocycles. The predicted octanol–water partition coefficient (Wildman–Crippen LogP) is 2.54. The zero-order chi connectivity index (χ0) is 16.7. The summed E-state index contributed by atoms with van der Waals surface area (Å²) in [4.78, 5) is 23.2. The maximum Gasteiger partial charge on any atom is 0.231 e. The molecule has 0 saturated heterocycles. The van der Waals surface area contributed by atoms with Crippen molar-refractivity contribution < 1.29 is 9.59 Å². The Balaban J connectivity index is 2.22. The summed E-state index contributed by atoms with van der Waals surface area (Å²) in [7, 11) is 1.48. The number of amides is 1. The highest BCUT2D eigenvalue weighted by Gasteiger charge is 2.15. The van der Waals surface area contributed by atoms with Crippen LogP contribution < -0.4 is 10.9 Å². The van der Waals surface area contributed by atoms with Gasteiger partial charge in [0, 0.05) is 17.6 Å². The number of hydrazine groups is 1. The van der Waals surface area contributed by atoms with E-state index in [1.165, 1.54) is 7.05 Å². The maximum absolute atomic E-state index is 12.5. The van der Waals surface area contributed by atoms with Crippen molar-refractivity contribution in [3.63, 3.8) is 0 Å². The minimum atomic E-state index is -0.347. The Bertz CT molecular complexity index is 702. The van der Waals surface area contributed by atoms with Crippen LogP contribution in [0.15, 0.2) is 59.7 Å². The van der Waals surface area contributed by atoms with Gasteiger partial charge in [0.05, 0.1) is 5.69 Å². The lowest BCUT2D eigenvalue weighted by molar-refractivity contribution is -0.118. The van der Waals surface area contributed by atoms with E-state index in [1.807, 2.05) is 6.07 Å². The summed E-state index contributed by atoms with van der Waals surface area (Å²) in [5.74, 6) is -0.360. The van der Waals surface area contributed by atoms with Gasteiger partial charge in [-0.15, -0.1) is 0 Å². The van der Waals surface area contributed by atoms with Crippen molar-refractivity contribution in [2.75, 3.05) is 12.5 Å². The minimum absolute atomic E-state index is 0.0132. The lowest BCUT2D eigenvalue weighted by atomic mass is 10.1. The number of benzene rings is 2. The molecule has 2 rings (SSSR count). The second-order valence-corrected chi connectivity index (χ2v) is 5.04. The van der Waals surface area contributed by atoms with Gasteiger partial charge in [0.1, 0.15) is 0 Å². The van der Waals surface area contributed by atoms with E-state index in [2.05, 4.69) is 16.0 Å². The zero-order valence-electron chi connectivity index (χ0n) is 12.4. The number of nitrogens with zero attached hydrogens (tertiary/aromatic N) is 2. The molecule has 118 valence electrons. The number of Topliss-reactive ketones (excluding diaryl/α,β-unsaturated/α-hetero) is 1. The van der Waals surface area contributed by atoms with E-state index in [1.54, 1.807) is 48.5 Å². The number of anilines is 1. The van der Waals surface area contributed by atoms with Gasteiger partial charge in [-0.3, -0.25) is 25.4 Å². The normalized spacial score (nSPS) is 10.8. The SMILES string of the molecule is CN(C=O)N/C(=N\Nc1ccc(Cl)cc1)C(=O)c1ccccc1. The molecule has 2 aromatic carbocycles. The third kappa shape index (κ3) is 4.82. The Kier molecular flexibility index (Phi) is 5.71. The Morgan fingerprint density at radius 1 is 1.13 bits per heavy atom. The first-order valence-corrected chi connectivity index (χ1v) is 7.12. The molecule has 2 aromatic rings. The number of hydrogen-bond donors (Lipinski definition) is 2. The molecule has 0 radical (unpaired) electrons. The number of nitrogens with one attached hydrogen (secondary N) is 2. The summed E-state index contributed by atoms with van der Waals surface area (Å²) < 4.78 is 0. The summed E-state index contributed by atoms with van der Waals surface area (Å²) in [6, 6.07) is 15.5. The predicted molar refractivity (Wildman–Crippen MR) is 90.2 cm³/mol. The number of hydrazone groups is 1. The summed E-state index contributed by atoms with van der Waals surface area (Å²) in [6.07, 6.45) is 0.538. The van der Waals surface area contributed by atoms with Gasteiger partial charge in [0.15, 0.2) is 0 Å². The fourth-order valence-electron chi connectivity index (χ4n) is 1.69. The van der Waals surface area contributed by atoms with E-state index in [4.69, 9.17) is 11.6 Å². The highest BCUT2D eigenvalue weighted by molar-refractivity contribution is 6.45. The van der Waals surface area contributed by atoms with Crippen molar-refractivity contribution >= 4 is 35.3 Å². The van der Waals surface area contributed by atoms with Crippen molar-refractivity contribution in [2.45, 2.75) is 0 Å². The van der Waals surface area contributed by atoms with Gasteiger partial charge in [0.2, 0.25) is 18.0 Å². The fraction of sp³-hybridized carbons (Fsp3) is 0.0625. The first kappa shape index (κ1) is 16.5. The average Bonchev–Trinajstić information content (AvgIpc) is 2.60. The van der Waals surface area contributed by atoms with Crippen LogP contribution in [0.3, 0.4) is 0 Å². The van der Waals surface area contributed by atoms with Crippen LogP contribution in [-0.4, -0.2) is 30.1 Å². The third-order valence-electron chi connectivity index (χ3n) is 2.83. The second-order valence-electron chi connectivity index (χ2n) is 4.60. The van der Waals surface area contributed by atoms with E-state index >= 15 is 0 Å². The van der Waals surface area contributed by atoms with E-state index in [9.17, 15) is 9.59 Å². The number of carbonyl (C=O) groups excluding carboxylic acids is 2. The molecule has 1 amide bonds. The van der Waals surface area contributed by atoms with Gasteiger partial charge in [-0.1, -0.05) is 41.9 Å². The quantitative estimate of drug-likeness (QED) is 0.281. The minimum Gasteiger partial charge on any atom is -0.285 e. The number of carbonyl (C=O) groups is 2. The lowest BCUT2D eigenvalue weighted by Gasteiger charge is -2.15. The van der Waals surface area contributed by atoms with Crippen LogP contribution in [0.5, 0.6) is 0 Å². The van der Waals surface area contributed by atoms with Gasteiger partial charge < -0.3 is 0 Å². The number of ketones is 1. The van der Waals surface area contributed by atoms with Gasteiger partial charge in [-0.25, -0.2) is 0 Å². The van der Waals surface area contributed by atoms with Crippen molar-refractivity contribution in [3.8, 4) is 0 Å². The van der Waals surface area contributed by atoms with Crippen LogP contribution in [0.2, 0.25) is 5.02 Å². The molecule has 0 bridgehead atoms. The van der Waals surface area contributed by atoms with Crippen LogP contribution in [0.25, 0.3) is 0 Å². The molecule has 6 nitrogen and oxygen atoms in total. The molecule has 0 aliphatic carbocycles. The standard InChI is InChI=1S/C16H15ClN4O2/c1-21(11-22)20-16(15(23)12-5-3-2-4-6-12)19-18-14-9-7-13(17)8-10-14/h2-11,18H,1H3,(H,19,20). The van der Waals surface area contributed by atoms with Gasteiger partial charge in [-0.2, -0.15) is 5.10 Å². The molecule has 0 saturated carbocycles. The highest BCUT2D eigenvalue weighted by Crippen LogP contribution is 2.13. The number of rotatable bonds is 6. The molecule has 2 N–H and O–H groups in total. The van der Waals surface area contributed by atoms with Crippen molar-refractivity contribution in [1.82, 2.24) is 10.4 Å². The van der Waals surface area contributed by atoms with E-state index in [0.717, 1.165) is 5.01 Å². The molecule has 0 fully saturated rings. The monoisotopic (exact) mass is 330 g/mol. The first-order chi connectivity index (χ1) is 11.1. The number of amidine groups is 1. The molecule has 0 aliphatic rings. The lowest BCUT2D eigenvalue weighted by Crippen LogP contribution is -2.42. The second kappa shape index (κ2) is 7.95. The smallest absolute Gasteiger partial charge is 0.231 e. The Labute approximate surface area is 138 Å². The van der Waals surface area contributed by atoms with Gasteiger partial charge in [0.25, 0.3) is 0 Å². The van der Waals surface area contributed by atoms with E-state index in [-0.39, 0.29) is 11.6 Å². The van der Waals surface area contributed by atoms with Crippen LogP contribution in [0.4, 0.5) is 5.69 Å². The van der Waals surface area contributed by atoms with Crippen molar-refractivity contribution in [2.24, 2.45) is 5.10 Å². The molecular weight excluding hydrogens is 316 g/mol. The highest BCUT2D eigenvalue weighted by atomic mass is 35.5. The Morgan fingerprint density at radius 3 is 2.39 bits per heavy atom. The Morgan fingerprint density at radius 2 is 1.78 bits per heavy atom. The van der Waals surface area contributed by atoms with Gasteiger partial charge >= 0.3 is 0 Å². The molecule has 7 heteroatoms. The number of hydrogen-bond acceptors (Lipinski definition) is 4. The summed E-state index contributed by atoms with van der Waals surface area (Å²) >= 11 is 5.82. The van der Waals surface area contributed by atoms with Crippen LogP contribution in [0.1, 0.15) is 10.4 Å². The first-order valence-electron chi connectivity index (χ1n) is 6.74. The summed E-state index contributed by atoms with van der Waals surface area (Å²) in [5, 5.41) is 5.75. The maximum atomic E-state index is 12.5. The summed E-state index contributed by atoms with van der Waals surface area (Å²) in [5.41, 5.74) is 6.49. The third-order valence-corrected chi connectivity index (χ3v) is 3.08. The van der Waals surface area contributed by atoms with E-state index < -0.39 is 0 Å². The molecule has 0 unspecified atom stereocenters. The van der Waals surface area contributed by atoms with Crippen LogP contribution in [0, 0.1) is 0 Å². The fourth-order valence-corrected chi connectivity index (χ4v) is 1.82. The largest absolute Gasteiger partial charge is 0.285 e.